The first kappa shape index (κ1) is 15.9. The van der Waals surface area contributed by atoms with E-state index in [0.717, 1.165) is 44.7 Å². The van der Waals surface area contributed by atoms with Crippen LogP contribution in [0.4, 0.5) is 0 Å². The predicted molar refractivity (Wildman–Crippen MR) is 77.9 cm³/mol. The van der Waals surface area contributed by atoms with Gasteiger partial charge in [-0.05, 0) is 50.2 Å². The van der Waals surface area contributed by atoms with E-state index in [2.05, 4.69) is 31.4 Å². The molecule has 108 valence electrons. The molecule has 0 radical (unpaired) electrons. The molecule has 0 bridgehead atoms. The minimum Gasteiger partial charge on any atom is -0.381 e. The van der Waals surface area contributed by atoms with Crippen molar-refractivity contribution in [3.63, 3.8) is 0 Å². The van der Waals surface area contributed by atoms with Gasteiger partial charge in [0.05, 0.1) is 0 Å². The molecule has 1 aliphatic rings. The third-order valence-corrected chi connectivity index (χ3v) is 4.41. The highest BCUT2D eigenvalue weighted by molar-refractivity contribution is 4.82. The highest BCUT2D eigenvalue weighted by Gasteiger charge is 2.30. The molecule has 1 fully saturated rings. The second kappa shape index (κ2) is 8.13. The molecule has 0 aromatic carbocycles. The normalized spacial score (nSPS) is 20.0. The van der Waals surface area contributed by atoms with Gasteiger partial charge in [-0.1, -0.05) is 27.2 Å². The van der Waals surface area contributed by atoms with Gasteiger partial charge in [-0.2, -0.15) is 0 Å². The fourth-order valence-corrected chi connectivity index (χ4v) is 2.87. The SMILES string of the molecule is CCC(CNC)CNCC(C)(C)C1CCOCC1. The van der Waals surface area contributed by atoms with Crippen LogP contribution < -0.4 is 10.6 Å². The molecule has 0 saturated carbocycles. The van der Waals surface area contributed by atoms with E-state index in [4.69, 9.17) is 4.74 Å². The van der Waals surface area contributed by atoms with Crippen molar-refractivity contribution in [1.82, 2.24) is 10.6 Å². The summed E-state index contributed by atoms with van der Waals surface area (Å²) in [6.45, 7) is 12.3. The summed E-state index contributed by atoms with van der Waals surface area (Å²) in [5, 5.41) is 6.95. The molecule has 1 aliphatic heterocycles. The summed E-state index contributed by atoms with van der Waals surface area (Å²) in [5.41, 5.74) is 0.391. The summed E-state index contributed by atoms with van der Waals surface area (Å²) in [7, 11) is 2.04. The monoisotopic (exact) mass is 256 g/mol. The van der Waals surface area contributed by atoms with E-state index >= 15 is 0 Å². The zero-order valence-corrected chi connectivity index (χ0v) is 12.7. The molecule has 1 unspecified atom stereocenters. The van der Waals surface area contributed by atoms with Crippen LogP contribution in [-0.4, -0.2) is 39.9 Å². The molecule has 2 N–H and O–H groups in total. The zero-order valence-electron chi connectivity index (χ0n) is 12.7. The Morgan fingerprint density at radius 2 is 1.89 bits per heavy atom. The van der Waals surface area contributed by atoms with Crippen molar-refractivity contribution in [2.24, 2.45) is 17.3 Å². The predicted octanol–water partition coefficient (Wildman–Crippen LogP) is 2.27. The van der Waals surface area contributed by atoms with E-state index in [1.54, 1.807) is 0 Å². The summed E-state index contributed by atoms with van der Waals surface area (Å²) < 4.78 is 5.46. The fourth-order valence-electron chi connectivity index (χ4n) is 2.87. The number of ether oxygens (including phenoxy) is 1. The standard InChI is InChI=1S/C15H32N2O/c1-5-13(10-16-4)11-17-12-15(2,3)14-6-8-18-9-7-14/h13-14,16-17H,5-12H2,1-4H3. The Balaban J connectivity index is 2.27. The number of hydrogen-bond acceptors (Lipinski definition) is 3. The molecule has 0 aromatic heterocycles. The van der Waals surface area contributed by atoms with Crippen LogP contribution >= 0.6 is 0 Å². The van der Waals surface area contributed by atoms with Gasteiger partial charge in [0.1, 0.15) is 0 Å². The summed E-state index contributed by atoms with van der Waals surface area (Å²) in [6, 6.07) is 0. The maximum absolute atomic E-state index is 5.46. The topological polar surface area (TPSA) is 33.3 Å². The minimum atomic E-state index is 0.391. The maximum Gasteiger partial charge on any atom is 0.0468 e. The maximum atomic E-state index is 5.46. The first-order valence-corrected chi connectivity index (χ1v) is 7.53. The van der Waals surface area contributed by atoms with Gasteiger partial charge < -0.3 is 15.4 Å². The summed E-state index contributed by atoms with van der Waals surface area (Å²) in [5.74, 6) is 1.56. The Hall–Kier alpha value is -0.120. The molecule has 3 nitrogen and oxygen atoms in total. The smallest absolute Gasteiger partial charge is 0.0468 e. The summed E-state index contributed by atoms with van der Waals surface area (Å²) in [4.78, 5) is 0. The minimum absolute atomic E-state index is 0.391. The number of rotatable bonds is 8. The lowest BCUT2D eigenvalue weighted by atomic mass is 9.74. The van der Waals surface area contributed by atoms with Crippen molar-refractivity contribution in [3.05, 3.63) is 0 Å². The molecule has 0 spiro atoms. The van der Waals surface area contributed by atoms with Crippen molar-refractivity contribution in [1.29, 1.82) is 0 Å². The molecule has 18 heavy (non-hydrogen) atoms. The lowest BCUT2D eigenvalue weighted by Crippen LogP contribution is -2.40. The fraction of sp³-hybridized carbons (Fsp3) is 1.00. The van der Waals surface area contributed by atoms with E-state index in [1.165, 1.54) is 19.3 Å². The van der Waals surface area contributed by atoms with E-state index in [1.807, 2.05) is 7.05 Å². The molecule has 0 aliphatic carbocycles. The molecule has 3 heteroatoms. The molecular weight excluding hydrogens is 224 g/mol. The Labute approximate surface area is 113 Å². The van der Waals surface area contributed by atoms with Crippen LogP contribution in [0.2, 0.25) is 0 Å². The quantitative estimate of drug-likeness (QED) is 0.699. The Morgan fingerprint density at radius 3 is 2.44 bits per heavy atom. The van der Waals surface area contributed by atoms with E-state index < -0.39 is 0 Å². The van der Waals surface area contributed by atoms with Crippen LogP contribution in [0.3, 0.4) is 0 Å². The second-order valence-electron chi connectivity index (χ2n) is 6.34. The lowest BCUT2D eigenvalue weighted by Gasteiger charge is -2.37. The molecule has 1 rings (SSSR count). The van der Waals surface area contributed by atoms with E-state index in [-0.39, 0.29) is 0 Å². The van der Waals surface area contributed by atoms with Crippen molar-refractivity contribution < 1.29 is 4.74 Å². The number of nitrogens with one attached hydrogen (secondary N) is 2. The van der Waals surface area contributed by atoms with Crippen molar-refractivity contribution in [3.8, 4) is 0 Å². The molecule has 1 heterocycles. The Kier molecular flexibility index (Phi) is 7.20. The van der Waals surface area contributed by atoms with Gasteiger partial charge in [-0.3, -0.25) is 0 Å². The molecule has 0 amide bonds. The Morgan fingerprint density at radius 1 is 1.22 bits per heavy atom. The largest absolute Gasteiger partial charge is 0.381 e. The van der Waals surface area contributed by atoms with Crippen LogP contribution in [0.25, 0.3) is 0 Å². The summed E-state index contributed by atoms with van der Waals surface area (Å²) >= 11 is 0. The zero-order chi connectivity index (χ0) is 13.4. The van der Waals surface area contributed by atoms with E-state index in [9.17, 15) is 0 Å². The van der Waals surface area contributed by atoms with E-state index in [0.29, 0.717) is 5.41 Å². The van der Waals surface area contributed by atoms with Crippen LogP contribution in [0.5, 0.6) is 0 Å². The van der Waals surface area contributed by atoms with Gasteiger partial charge >= 0.3 is 0 Å². The highest BCUT2D eigenvalue weighted by atomic mass is 16.5. The first-order valence-electron chi connectivity index (χ1n) is 7.53. The molecule has 1 atom stereocenters. The van der Waals surface area contributed by atoms with Crippen LogP contribution in [0.1, 0.15) is 40.0 Å². The third-order valence-electron chi connectivity index (χ3n) is 4.41. The van der Waals surface area contributed by atoms with Crippen molar-refractivity contribution >= 4 is 0 Å². The van der Waals surface area contributed by atoms with Gasteiger partial charge in [0, 0.05) is 19.8 Å². The average Bonchev–Trinajstić information content (AvgIpc) is 2.38. The first-order chi connectivity index (χ1) is 8.60. The Bertz CT molecular complexity index is 213. The molecular formula is C15H32N2O. The van der Waals surface area contributed by atoms with Crippen molar-refractivity contribution in [2.45, 2.75) is 40.0 Å². The second-order valence-corrected chi connectivity index (χ2v) is 6.34. The third kappa shape index (κ3) is 5.25. The van der Waals surface area contributed by atoms with Gasteiger partial charge in [-0.15, -0.1) is 0 Å². The molecule has 1 saturated heterocycles. The van der Waals surface area contributed by atoms with Crippen LogP contribution in [0, 0.1) is 17.3 Å². The van der Waals surface area contributed by atoms with Gasteiger partial charge in [0.2, 0.25) is 0 Å². The van der Waals surface area contributed by atoms with Gasteiger partial charge in [0.15, 0.2) is 0 Å². The number of hydrogen-bond donors (Lipinski definition) is 2. The van der Waals surface area contributed by atoms with Crippen LogP contribution in [0.15, 0.2) is 0 Å². The highest BCUT2D eigenvalue weighted by Crippen LogP contribution is 2.33. The summed E-state index contributed by atoms with van der Waals surface area (Å²) in [6.07, 6.45) is 3.69. The lowest BCUT2D eigenvalue weighted by molar-refractivity contribution is 0.0226. The van der Waals surface area contributed by atoms with Gasteiger partial charge in [-0.25, -0.2) is 0 Å². The van der Waals surface area contributed by atoms with Gasteiger partial charge in [0.25, 0.3) is 0 Å². The average molecular weight is 256 g/mol. The van der Waals surface area contributed by atoms with Crippen molar-refractivity contribution in [2.75, 3.05) is 39.9 Å². The van der Waals surface area contributed by atoms with Crippen LogP contribution in [-0.2, 0) is 4.74 Å². The molecule has 0 aromatic rings.